The molecule has 1 fully saturated rings. The van der Waals surface area contributed by atoms with E-state index in [1.54, 1.807) is 0 Å². The van der Waals surface area contributed by atoms with Crippen molar-refractivity contribution in [2.24, 2.45) is 5.92 Å². The zero-order chi connectivity index (χ0) is 8.81. The standard InChI is InChI=1S/C10H19NO/c1-2-10-5-3-6-11(9-10)7-4-8-12/h8,10H,2-7,9H2,1H3. The summed E-state index contributed by atoms with van der Waals surface area (Å²) >= 11 is 0. The van der Waals surface area contributed by atoms with Gasteiger partial charge in [0.2, 0.25) is 0 Å². The highest BCUT2D eigenvalue weighted by atomic mass is 16.1. The Morgan fingerprint density at radius 1 is 1.58 bits per heavy atom. The molecule has 70 valence electrons. The highest BCUT2D eigenvalue weighted by Gasteiger charge is 2.17. The van der Waals surface area contributed by atoms with E-state index in [0.717, 1.165) is 18.7 Å². The third-order valence-corrected chi connectivity index (χ3v) is 2.74. The van der Waals surface area contributed by atoms with E-state index >= 15 is 0 Å². The van der Waals surface area contributed by atoms with Crippen LogP contribution in [0.4, 0.5) is 0 Å². The second kappa shape index (κ2) is 5.31. The number of nitrogens with zero attached hydrogens (tertiary/aromatic N) is 1. The number of aldehydes is 1. The minimum absolute atomic E-state index is 0.705. The SMILES string of the molecule is CCC1CCCN(CCC=O)C1. The molecule has 1 atom stereocenters. The summed E-state index contributed by atoms with van der Waals surface area (Å²) in [5.74, 6) is 0.880. The molecule has 2 heteroatoms. The Balaban J connectivity index is 2.20. The molecular formula is C10H19NO. The van der Waals surface area contributed by atoms with Gasteiger partial charge in [-0.25, -0.2) is 0 Å². The fourth-order valence-electron chi connectivity index (χ4n) is 1.92. The van der Waals surface area contributed by atoms with E-state index in [1.807, 2.05) is 0 Å². The predicted molar refractivity (Wildman–Crippen MR) is 50.1 cm³/mol. The summed E-state index contributed by atoms with van der Waals surface area (Å²) in [6.07, 6.45) is 5.72. The number of carbonyl (C=O) groups is 1. The van der Waals surface area contributed by atoms with E-state index in [-0.39, 0.29) is 0 Å². The molecule has 0 spiro atoms. The van der Waals surface area contributed by atoms with Crippen LogP contribution in [0.2, 0.25) is 0 Å². The predicted octanol–water partition coefficient (Wildman–Crippen LogP) is 1.70. The molecule has 0 bridgehead atoms. The van der Waals surface area contributed by atoms with Gasteiger partial charge < -0.3 is 9.69 Å². The third-order valence-electron chi connectivity index (χ3n) is 2.74. The van der Waals surface area contributed by atoms with Gasteiger partial charge in [0.05, 0.1) is 0 Å². The van der Waals surface area contributed by atoms with Gasteiger partial charge in [-0.1, -0.05) is 13.3 Å². The topological polar surface area (TPSA) is 20.3 Å². The summed E-state index contributed by atoms with van der Waals surface area (Å²) < 4.78 is 0. The van der Waals surface area contributed by atoms with Crippen LogP contribution < -0.4 is 0 Å². The molecule has 0 aromatic heterocycles. The molecular weight excluding hydrogens is 150 g/mol. The van der Waals surface area contributed by atoms with Crippen molar-refractivity contribution < 1.29 is 4.79 Å². The van der Waals surface area contributed by atoms with E-state index < -0.39 is 0 Å². The Labute approximate surface area is 74.9 Å². The number of carbonyl (C=O) groups excluding carboxylic acids is 1. The molecule has 1 unspecified atom stereocenters. The zero-order valence-corrected chi connectivity index (χ0v) is 7.96. The smallest absolute Gasteiger partial charge is 0.121 e. The van der Waals surface area contributed by atoms with Crippen LogP contribution >= 0.6 is 0 Å². The second-order valence-corrected chi connectivity index (χ2v) is 3.67. The van der Waals surface area contributed by atoms with Crippen LogP contribution in [-0.4, -0.2) is 30.8 Å². The number of likely N-dealkylation sites (tertiary alicyclic amines) is 1. The maximum Gasteiger partial charge on any atom is 0.121 e. The molecule has 2 nitrogen and oxygen atoms in total. The van der Waals surface area contributed by atoms with Crippen LogP contribution in [-0.2, 0) is 4.79 Å². The lowest BCUT2D eigenvalue weighted by atomic mass is 9.96. The molecule has 0 N–H and O–H groups in total. The van der Waals surface area contributed by atoms with Crippen molar-refractivity contribution in [2.45, 2.75) is 32.6 Å². The van der Waals surface area contributed by atoms with Gasteiger partial charge in [-0.05, 0) is 25.3 Å². The first-order valence-corrected chi connectivity index (χ1v) is 5.02. The molecule has 0 aromatic rings. The molecule has 0 saturated carbocycles. The van der Waals surface area contributed by atoms with Gasteiger partial charge in [-0.15, -0.1) is 0 Å². The second-order valence-electron chi connectivity index (χ2n) is 3.67. The molecule has 1 aliphatic heterocycles. The van der Waals surface area contributed by atoms with Crippen molar-refractivity contribution in [3.63, 3.8) is 0 Å². The molecule has 1 saturated heterocycles. The van der Waals surface area contributed by atoms with Gasteiger partial charge in [0.1, 0.15) is 6.29 Å². The van der Waals surface area contributed by atoms with Crippen LogP contribution in [0.5, 0.6) is 0 Å². The van der Waals surface area contributed by atoms with Crippen LogP contribution in [0.1, 0.15) is 32.6 Å². The average molecular weight is 169 g/mol. The molecule has 12 heavy (non-hydrogen) atoms. The Morgan fingerprint density at radius 3 is 3.08 bits per heavy atom. The fourth-order valence-corrected chi connectivity index (χ4v) is 1.92. The lowest BCUT2D eigenvalue weighted by Crippen LogP contribution is -2.35. The summed E-state index contributed by atoms with van der Waals surface area (Å²) in [6, 6.07) is 0. The highest BCUT2D eigenvalue weighted by molar-refractivity contribution is 5.49. The highest BCUT2D eigenvalue weighted by Crippen LogP contribution is 2.18. The normalized spacial score (nSPS) is 25.6. The van der Waals surface area contributed by atoms with E-state index in [9.17, 15) is 4.79 Å². The van der Waals surface area contributed by atoms with Crippen LogP contribution in [0.25, 0.3) is 0 Å². The van der Waals surface area contributed by atoms with Crippen LogP contribution in [0, 0.1) is 5.92 Å². The first-order chi connectivity index (χ1) is 5.86. The van der Waals surface area contributed by atoms with Crippen molar-refractivity contribution in [1.29, 1.82) is 0 Å². The maximum atomic E-state index is 10.2. The number of rotatable bonds is 4. The quantitative estimate of drug-likeness (QED) is 0.597. The van der Waals surface area contributed by atoms with Crippen LogP contribution in [0.15, 0.2) is 0 Å². The van der Waals surface area contributed by atoms with Crippen molar-refractivity contribution in [2.75, 3.05) is 19.6 Å². The van der Waals surface area contributed by atoms with Crippen molar-refractivity contribution in [3.05, 3.63) is 0 Å². The average Bonchev–Trinajstić information content (AvgIpc) is 2.15. The summed E-state index contributed by atoms with van der Waals surface area (Å²) in [6.45, 7) is 5.64. The Hall–Kier alpha value is -0.370. The zero-order valence-electron chi connectivity index (χ0n) is 7.96. The van der Waals surface area contributed by atoms with E-state index in [4.69, 9.17) is 0 Å². The number of hydrogen-bond donors (Lipinski definition) is 0. The lowest BCUT2D eigenvalue weighted by Gasteiger charge is -2.31. The summed E-state index contributed by atoms with van der Waals surface area (Å²) in [5, 5.41) is 0. The van der Waals surface area contributed by atoms with Gasteiger partial charge in [0.25, 0.3) is 0 Å². The van der Waals surface area contributed by atoms with Crippen molar-refractivity contribution >= 4 is 6.29 Å². The number of piperidine rings is 1. The molecule has 1 aliphatic rings. The van der Waals surface area contributed by atoms with Gasteiger partial charge in [0.15, 0.2) is 0 Å². The molecule has 0 aromatic carbocycles. The summed E-state index contributed by atoms with van der Waals surface area (Å²) in [7, 11) is 0. The molecule has 0 amide bonds. The minimum Gasteiger partial charge on any atom is -0.303 e. The largest absolute Gasteiger partial charge is 0.303 e. The monoisotopic (exact) mass is 169 g/mol. The molecule has 1 heterocycles. The first kappa shape index (κ1) is 9.72. The van der Waals surface area contributed by atoms with E-state index in [0.29, 0.717) is 6.42 Å². The maximum absolute atomic E-state index is 10.2. The molecule has 1 rings (SSSR count). The first-order valence-electron chi connectivity index (χ1n) is 5.02. The van der Waals surface area contributed by atoms with Gasteiger partial charge in [-0.3, -0.25) is 0 Å². The Bertz CT molecular complexity index is 136. The minimum atomic E-state index is 0.705. The third kappa shape index (κ3) is 2.94. The Morgan fingerprint density at radius 2 is 2.42 bits per heavy atom. The Kier molecular flexibility index (Phi) is 4.30. The molecule has 0 aliphatic carbocycles. The van der Waals surface area contributed by atoms with Gasteiger partial charge in [-0.2, -0.15) is 0 Å². The number of hydrogen-bond acceptors (Lipinski definition) is 2. The summed E-state index contributed by atoms with van der Waals surface area (Å²) in [4.78, 5) is 12.6. The van der Waals surface area contributed by atoms with Gasteiger partial charge in [0, 0.05) is 19.5 Å². The summed E-state index contributed by atoms with van der Waals surface area (Å²) in [5.41, 5.74) is 0. The molecule has 0 radical (unpaired) electrons. The van der Waals surface area contributed by atoms with Gasteiger partial charge >= 0.3 is 0 Å². The van der Waals surface area contributed by atoms with E-state index in [1.165, 1.54) is 32.4 Å². The fraction of sp³-hybridized carbons (Fsp3) is 0.900. The van der Waals surface area contributed by atoms with Crippen molar-refractivity contribution in [3.8, 4) is 0 Å². The van der Waals surface area contributed by atoms with E-state index in [2.05, 4.69) is 11.8 Å². The van der Waals surface area contributed by atoms with Crippen molar-refractivity contribution in [1.82, 2.24) is 4.90 Å². The lowest BCUT2D eigenvalue weighted by molar-refractivity contribution is -0.108. The van der Waals surface area contributed by atoms with Crippen LogP contribution in [0.3, 0.4) is 0 Å².